The molecule has 6 nitrogen and oxygen atoms in total. The number of piperazine rings is 1. The highest BCUT2D eigenvalue weighted by Gasteiger charge is 2.31. The molecule has 0 radical (unpaired) electrons. The zero-order chi connectivity index (χ0) is 17.6. The maximum atomic E-state index is 12.5. The van der Waals surface area contributed by atoms with Crippen LogP contribution in [0.3, 0.4) is 0 Å². The van der Waals surface area contributed by atoms with Crippen LogP contribution in [0.4, 0.5) is 0 Å². The monoisotopic (exact) mass is 379 g/mol. The number of hydrogen-bond acceptors (Lipinski definition) is 4. The molecule has 0 aliphatic carbocycles. The van der Waals surface area contributed by atoms with E-state index in [0.717, 1.165) is 25.9 Å². The SMILES string of the molecule is Cl.O=C(CCC(=O)N1CCCC(N2CCNCC2=O)C1)c1ccccc1. The van der Waals surface area contributed by atoms with Gasteiger partial charge in [0.15, 0.2) is 5.78 Å². The maximum Gasteiger partial charge on any atom is 0.236 e. The number of nitrogens with zero attached hydrogens (tertiary/aromatic N) is 2. The summed E-state index contributed by atoms with van der Waals surface area (Å²) in [6.45, 7) is 3.20. The largest absolute Gasteiger partial charge is 0.341 e. The molecule has 26 heavy (non-hydrogen) atoms. The second kappa shape index (κ2) is 9.69. The molecule has 0 saturated carbocycles. The molecule has 0 spiro atoms. The van der Waals surface area contributed by atoms with Crippen molar-refractivity contribution >= 4 is 30.0 Å². The van der Waals surface area contributed by atoms with Crippen molar-refractivity contribution in [3.63, 3.8) is 0 Å². The lowest BCUT2D eigenvalue weighted by Gasteiger charge is -2.41. The van der Waals surface area contributed by atoms with Crippen molar-refractivity contribution < 1.29 is 14.4 Å². The Hall–Kier alpha value is -1.92. The summed E-state index contributed by atoms with van der Waals surface area (Å²) in [5.41, 5.74) is 0.651. The molecule has 3 rings (SSSR count). The molecule has 0 bridgehead atoms. The third kappa shape index (κ3) is 5.05. The van der Waals surface area contributed by atoms with Crippen LogP contribution in [-0.2, 0) is 9.59 Å². The van der Waals surface area contributed by atoms with Gasteiger partial charge in [-0.15, -0.1) is 12.4 Å². The van der Waals surface area contributed by atoms with Gasteiger partial charge < -0.3 is 15.1 Å². The van der Waals surface area contributed by atoms with Crippen molar-refractivity contribution in [1.82, 2.24) is 15.1 Å². The normalized spacial score (nSPS) is 20.5. The first-order valence-electron chi connectivity index (χ1n) is 9.01. The summed E-state index contributed by atoms with van der Waals surface area (Å²) in [5, 5.41) is 3.08. The molecular weight excluding hydrogens is 354 g/mol. The van der Waals surface area contributed by atoms with E-state index in [1.807, 2.05) is 28.0 Å². The Kier molecular flexibility index (Phi) is 7.60. The number of carbonyl (C=O) groups is 3. The van der Waals surface area contributed by atoms with Crippen LogP contribution in [0.1, 0.15) is 36.0 Å². The number of ketones is 1. The number of nitrogens with one attached hydrogen (secondary N) is 1. The minimum Gasteiger partial charge on any atom is -0.341 e. The van der Waals surface area contributed by atoms with Gasteiger partial charge in [0.2, 0.25) is 11.8 Å². The summed E-state index contributed by atoms with van der Waals surface area (Å²) < 4.78 is 0. The van der Waals surface area contributed by atoms with E-state index in [0.29, 0.717) is 25.2 Å². The fourth-order valence-electron chi connectivity index (χ4n) is 3.59. The third-order valence-electron chi connectivity index (χ3n) is 4.98. The molecule has 7 heteroatoms. The van der Waals surface area contributed by atoms with Crippen molar-refractivity contribution in [3.8, 4) is 0 Å². The van der Waals surface area contributed by atoms with Crippen molar-refractivity contribution in [3.05, 3.63) is 35.9 Å². The molecule has 1 aromatic rings. The predicted molar refractivity (Wildman–Crippen MR) is 101 cm³/mol. The van der Waals surface area contributed by atoms with E-state index in [2.05, 4.69) is 5.32 Å². The van der Waals surface area contributed by atoms with Gasteiger partial charge in [-0.3, -0.25) is 14.4 Å². The number of carbonyl (C=O) groups excluding carboxylic acids is 3. The Morgan fingerprint density at radius 3 is 2.62 bits per heavy atom. The summed E-state index contributed by atoms with van der Waals surface area (Å²) in [6, 6.07) is 9.19. The lowest BCUT2D eigenvalue weighted by molar-refractivity contribution is -0.140. The van der Waals surface area contributed by atoms with E-state index in [4.69, 9.17) is 0 Å². The van der Waals surface area contributed by atoms with E-state index < -0.39 is 0 Å². The van der Waals surface area contributed by atoms with Gasteiger partial charge in [-0.25, -0.2) is 0 Å². The molecule has 2 amide bonds. The van der Waals surface area contributed by atoms with E-state index in [1.165, 1.54) is 0 Å². The maximum absolute atomic E-state index is 12.5. The van der Waals surface area contributed by atoms with Crippen LogP contribution in [0.15, 0.2) is 30.3 Å². The molecule has 1 atom stereocenters. The minimum atomic E-state index is -0.000192. The third-order valence-corrected chi connectivity index (χ3v) is 4.98. The van der Waals surface area contributed by atoms with Crippen LogP contribution < -0.4 is 5.32 Å². The van der Waals surface area contributed by atoms with Crippen LogP contribution in [-0.4, -0.2) is 66.2 Å². The zero-order valence-corrected chi connectivity index (χ0v) is 15.7. The first-order valence-corrected chi connectivity index (χ1v) is 9.01. The number of hydrogen-bond donors (Lipinski definition) is 1. The van der Waals surface area contributed by atoms with Crippen molar-refractivity contribution in [2.75, 3.05) is 32.7 Å². The number of rotatable bonds is 5. The van der Waals surface area contributed by atoms with Gasteiger partial charge in [0.25, 0.3) is 0 Å². The summed E-state index contributed by atoms with van der Waals surface area (Å²) >= 11 is 0. The van der Waals surface area contributed by atoms with Crippen LogP contribution in [0.25, 0.3) is 0 Å². The Morgan fingerprint density at radius 2 is 1.88 bits per heavy atom. The van der Waals surface area contributed by atoms with E-state index in [-0.39, 0.29) is 48.9 Å². The standard InChI is InChI=1S/C19H25N3O3.ClH/c23-17(15-5-2-1-3-6-15)8-9-18(24)21-11-4-7-16(14-21)22-12-10-20-13-19(22)25;/h1-3,5-6,16,20H,4,7-14H2;1H. The van der Waals surface area contributed by atoms with Crippen LogP contribution >= 0.6 is 12.4 Å². The summed E-state index contributed by atoms with van der Waals surface area (Å²) in [6.07, 6.45) is 2.31. The van der Waals surface area contributed by atoms with E-state index in [9.17, 15) is 14.4 Å². The molecule has 2 aliphatic rings. The Labute approximate surface area is 160 Å². The van der Waals surface area contributed by atoms with Gasteiger partial charge in [-0.05, 0) is 12.8 Å². The number of benzene rings is 1. The van der Waals surface area contributed by atoms with Crippen LogP contribution in [0, 0.1) is 0 Å². The number of amides is 2. The number of halogens is 1. The van der Waals surface area contributed by atoms with E-state index >= 15 is 0 Å². The summed E-state index contributed by atoms with van der Waals surface area (Å²) in [7, 11) is 0. The topological polar surface area (TPSA) is 69.7 Å². The lowest BCUT2D eigenvalue weighted by atomic mass is 10.0. The molecule has 1 aromatic carbocycles. The molecule has 1 unspecified atom stereocenters. The average Bonchev–Trinajstić information content (AvgIpc) is 2.67. The first-order chi connectivity index (χ1) is 12.1. The minimum absolute atomic E-state index is 0. The Balaban J connectivity index is 0.00000243. The summed E-state index contributed by atoms with van der Waals surface area (Å²) in [5.74, 6) is 0.126. The van der Waals surface area contributed by atoms with Gasteiger partial charge >= 0.3 is 0 Å². The van der Waals surface area contributed by atoms with Crippen LogP contribution in [0.5, 0.6) is 0 Å². The number of piperidine rings is 1. The number of likely N-dealkylation sites (tertiary alicyclic amines) is 1. The molecule has 142 valence electrons. The highest BCUT2D eigenvalue weighted by atomic mass is 35.5. The molecule has 2 saturated heterocycles. The Bertz CT molecular complexity index is 638. The highest BCUT2D eigenvalue weighted by molar-refractivity contribution is 5.97. The van der Waals surface area contributed by atoms with Gasteiger partial charge in [0.1, 0.15) is 0 Å². The molecule has 2 aliphatic heterocycles. The molecule has 0 aromatic heterocycles. The van der Waals surface area contributed by atoms with Crippen molar-refractivity contribution in [2.45, 2.75) is 31.7 Å². The smallest absolute Gasteiger partial charge is 0.236 e. The van der Waals surface area contributed by atoms with Gasteiger partial charge in [-0.1, -0.05) is 30.3 Å². The average molecular weight is 380 g/mol. The number of Topliss-reactive ketones (excluding diaryl/α,β-unsaturated/α-hetero) is 1. The molecule has 1 N–H and O–H groups in total. The second-order valence-corrected chi connectivity index (χ2v) is 6.69. The molecule has 2 fully saturated rings. The van der Waals surface area contributed by atoms with Gasteiger partial charge in [0.05, 0.1) is 6.54 Å². The fraction of sp³-hybridized carbons (Fsp3) is 0.526. The molecular formula is C19H26ClN3O3. The highest BCUT2D eigenvalue weighted by Crippen LogP contribution is 2.18. The molecule has 2 heterocycles. The van der Waals surface area contributed by atoms with E-state index in [1.54, 1.807) is 12.1 Å². The van der Waals surface area contributed by atoms with Gasteiger partial charge in [-0.2, -0.15) is 0 Å². The zero-order valence-electron chi connectivity index (χ0n) is 14.9. The lowest BCUT2D eigenvalue weighted by Crippen LogP contribution is -2.57. The second-order valence-electron chi connectivity index (χ2n) is 6.69. The van der Waals surface area contributed by atoms with Crippen molar-refractivity contribution in [2.24, 2.45) is 0 Å². The Morgan fingerprint density at radius 1 is 1.12 bits per heavy atom. The van der Waals surface area contributed by atoms with Crippen molar-refractivity contribution in [1.29, 1.82) is 0 Å². The summed E-state index contributed by atoms with van der Waals surface area (Å²) in [4.78, 5) is 40.4. The first kappa shape index (κ1) is 20.4. The van der Waals surface area contributed by atoms with Gasteiger partial charge in [0, 0.05) is 50.6 Å². The fourth-order valence-corrected chi connectivity index (χ4v) is 3.59. The van der Waals surface area contributed by atoms with Crippen LogP contribution in [0.2, 0.25) is 0 Å². The quantitative estimate of drug-likeness (QED) is 0.787. The predicted octanol–water partition coefficient (Wildman–Crippen LogP) is 1.49.